The summed E-state index contributed by atoms with van der Waals surface area (Å²) in [5, 5.41) is 0.550. The van der Waals surface area contributed by atoms with Gasteiger partial charge in [0.25, 0.3) is 0 Å². The number of hydrogen-bond acceptors (Lipinski definition) is 4. The van der Waals surface area contributed by atoms with Crippen molar-refractivity contribution in [3.05, 3.63) is 23.2 Å². The third-order valence-electron chi connectivity index (χ3n) is 4.20. The number of carbonyl (C=O) groups is 2. The molecule has 1 atom stereocenters. The number of morpholine rings is 1. The topological polar surface area (TPSA) is 59.1 Å². The molecule has 24 heavy (non-hydrogen) atoms. The second kappa shape index (κ2) is 7.40. The van der Waals surface area contributed by atoms with E-state index >= 15 is 0 Å². The number of benzene rings is 1. The first-order valence-corrected chi connectivity index (χ1v) is 8.54. The van der Waals surface area contributed by atoms with Crippen LogP contribution in [0.2, 0.25) is 5.02 Å². The molecule has 0 spiro atoms. The lowest BCUT2D eigenvalue weighted by molar-refractivity contribution is -0.136. The van der Waals surface area contributed by atoms with E-state index < -0.39 is 0 Å². The molecule has 3 rings (SSSR count). The molecular formula is C17H21ClN2O4. The number of hydrogen-bond donors (Lipinski definition) is 0. The van der Waals surface area contributed by atoms with Crippen LogP contribution in [0.3, 0.4) is 0 Å². The lowest BCUT2D eigenvalue weighted by Gasteiger charge is -2.34. The van der Waals surface area contributed by atoms with Crippen molar-refractivity contribution in [2.75, 3.05) is 37.7 Å². The van der Waals surface area contributed by atoms with Gasteiger partial charge in [0, 0.05) is 31.0 Å². The van der Waals surface area contributed by atoms with Crippen LogP contribution in [0.25, 0.3) is 0 Å². The van der Waals surface area contributed by atoms with Gasteiger partial charge in [-0.1, -0.05) is 11.6 Å². The molecule has 1 saturated heterocycles. The molecular weight excluding hydrogens is 332 g/mol. The maximum Gasteiger partial charge on any atom is 0.227 e. The predicted octanol–water partition coefficient (Wildman–Crippen LogP) is 2.09. The van der Waals surface area contributed by atoms with Gasteiger partial charge in [0.05, 0.1) is 25.4 Å². The van der Waals surface area contributed by atoms with E-state index in [9.17, 15) is 9.59 Å². The monoisotopic (exact) mass is 352 g/mol. The maximum absolute atomic E-state index is 12.6. The number of halogens is 1. The van der Waals surface area contributed by atoms with Crippen molar-refractivity contribution in [2.45, 2.75) is 25.9 Å². The van der Waals surface area contributed by atoms with Gasteiger partial charge in [-0.05, 0) is 25.1 Å². The van der Waals surface area contributed by atoms with E-state index in [-0.39, 0.29) is 30.8 Å². The molecule has 0 unspecified atom stereocenters. The molecule has 0 aromatic heterocycles. The summed E-state index contributed by atoms with van der Waals surface area (Å²) in [5.41, 5.74) is 0.671. The third-order valence-corrected chi connectivity index (χ3v) is 4.43. The Morgan fingerprint density at radius 1 is 1.21 bits per heavy atom. The summed E-state index contributed by atoms with van der Waals surface area (Å²) in [5.74, 6) is 0.556. The molecule has 2 heterocycles. The molecule has 0 radical (unpaired) electrons. The Balaban J connectivity index is 1.64. The Morgan fingerprint density at radius 3 is 2.67 bits per heavy atom. The Bertz CT molecular complexity index is 631. The van der Waals surface area contributed by atoms with Crippen LogP contribution >= 0.6 is 11.6 Å². The quantitative estimate of drug-likeness (QED) is 0.835. The third kappa shape index (κ3) is 3.82. The summed E-state index contributed by atoms with van der Waals surface area (Å²) in [6, 6.07) is 5.24. The van der Waals surface area contributed by atoms with E-state index in [4.69, 9.17) is 21.1 Å². The Labute approximate surface area is 146 Å². The molecule has 0 bridgehead atoms. The van der Waals surface area contributed by atoms with Crippen molar-refractivity contribution in [3.63, 3.8) is 0 Å². The van der Waals surface area contributed by atoms with Crippen LogP contribution in [-0.2, 0) is 14.3 Å². The largest absolute Gasteiger partial charge is 0.487 e. The summed E-state index contributed by atoms with van der Waals surface area (Å²) in [6.07, 6.45) is 0.285. The van der Waals surface area contributed by atoms with E-state index in [0.717, 1.165) is 0 Å². The maximum atomic E-state index is 12.6. The van der Waals surface area contributed by atoms with Crippen LogP contribution in [0, 0.1) is 0 Å². The first-order valence-electron chi connectivity index (χ1n) is 8.16. The summed E-state index contributed by atoms with van der Waals surface area (Å²) in [7, 11) is 0. The van der Waals surface area contributed by atoms with Gasteiger partial charge in [0.2, 0.25) is 11.8 Å². The van der Waals surface area contributed by atoms with Gasteiger partial charge in [-0.15, -0.1) is 0 Å². The predicted molar refractivity (Wildman–Crippen MR) is 90.5 cm³/mol. The van der Waals surface area contributed by atoms with Gasteiger partial charge in [-0.2, -0.15) is 0 Å². The molecule has 7 heteroatoms. The first-order chi connectivity index (χ1) is 11.5. The molecule has 0 saturated carbocycles. The lowest BCUT2D eigenvalue weighted by Crippen LogP contribution is -2.44. The van der Waals surface area contributed by atoms with E-state index in [1.807, 2.05) is 6.92 Å². The average Bonchev–Trinajstić information content (AvgIpc) is 2.59. The molecule has 2 aliphatic heterocycles. The molecule has 1 aromatic rings. The van der Waals surface area contributed by atoms with Gasteiger partial charge in [0.1, 0.15) is 11.9 Å². The van der Waals surface area contributed by atoms with E-state index in [1.165, 1.54) is 0 Å². The number of nitrogens with zero attached hydrogens (tertiary/aromatic N) is 2. The number of amides is 2. The highest BCUT2D eigenvalue weighted by Gasteiger charge is 2.28. The Hall–Kier alpha value is -1.79. The van der Waals surface area contributed by atoms with Crippen LogP contribution in [0.5, 0.6) is 5.75 Å². The fraction of sp³-hybridized carbons (Fsp3) is 0.529. The van der Waals surface area contributed by atoms with Crippen LogP contribution in [0.15, 0.2) is 18.2 Å². The van der Waals surface area contributed by atoms with Crippen LogP contribution in [-0.4, -0.2) is 55.7 Å². The minimum absolute atomic E-state index is 0.000671. The normalized spacial score (nSPS) is 20.3. The molecule has 1 aromatic carbocycles. The lowest BCUT2D eigenvalue weighted by atomic mass is 10.1. The van der Waals surface area contributed by atoms with Gasteiger partial charge in [0.15, 0.2) is 0 Å². The van der Waals surface area contributed by atoms with Crippen LogP contribution < -0.4 is 9.64 Å². The van der Waals surface area contributed by atoms with Gasteiger partial charge in [-0.25, -0.2) is 0 Å². The average molecular weight is 353 g/mol. The number of fused-ring (bicyclic) bond motifs is 1. The second-order valence-corrected chi connectivity index (χ2v) is 6.47. The highest BCUT2D eigenvalue weighted by Crippen LogP contribution is 2.36. The zero-order valence-electron chi connectivity index (χ0n) is 13.7. The number of rotatable bonds is 3. The zero-order valence-corrected chi connectivity index (χ0v) is 14.4. The highest BCUT2D eigenvalue weighted by molar-refractivity contribution is 6.31. The summed E-state index contributed by atoms with van der Waals surface area (Å²) in [6.45, 7) is 4.69. The van der Waals surface area contributed by atoms with Crippen LogP contribution in [0.1, 0.15) is 19.8 Å². The summed E-state index contributed by atoms with van der Waals surface area (Å²) < 4.78 is 11.0. The molecule has 6 nitrogen and oxygen atoms in total. The SMILES string of the molecule is C[C@H]1CN(C(=O)CCC(=O)N2CCOCC2)c2cc(Cl)ccc2O1. The van der Waals surface area contributed by atoms with E-state index in [0.29, 0.717) is 49.3 Å². The Kier molecular flexibility index (Phi) is 5.26. The fourth-order valence-electron chi connectivity index (χ4n) is 2.97. The van der Waals surface area contributed by atoms with Crippen molar-refractivity contribution in [2.24, 2.45) is 0 Å². The van der Waals surface area contributed by atoms with E-state index in [2.05, 4.69) is 0 Å². The molecule has 0 aliphatic carbocycles. The second-order valence-electron chi connectivity index (χ2n) is 6.04. The number of ether oxygens (including phenoxy) is 2. The molecule has 130 valence electrons. The van der Waals surface area contributed by atoms with Crippen molar-refractivity contribution >= 4 is 29.1 Å². The van der Waals surface area contributed by atoms with Crippen LogP contribution in [0.4, 0.5) is 5.69 Å². The highest BCUT2D eigenvalue weighted by atomic mass is 35.5. The molecule has 2 aliphatic rings. The first kappa shape index (κ1) is 17.0. The van der Waals surface area contributed by atoms with Crippen molar-refractivity contribution in [1.82, 2.24) is 4.90 Å². The van der Waals surface area contributed by atoms with Gasteiger partial charge in [-0.3, -0.25) is 9.59 Å². The number of anilines is 1. The van der Waals surface area contributed by atoms with Crippen molar-refractivity contribution in [1.29, 1.82) is 0 Å². The number of carbonyl (C=O) groups excluding carboxylic acids is 2. The Morgan fingerprint density at radius 2 is 1.92 bits per heavy atom. The van der Waals surface area contributed by atoms with Gasteiger partial charge >= 0.3 is 0 Å². The minimum Gasteiger partial charge on any atom is -0.487 e. The summed E-state index contributed by atoms with van der Waals surface area (Å²) in [4.78, 5) is 28.3. The standard InChI is InChI=1S/C17H21ClN2O4/c1-12-11-20(14-10-13(18)2-3-15(14)24-12)17(22)5-4-16(21)19-6-8-23-9-7-19/h2-3,10,12H,4-9,11H2,1H3/t12-/m0/s1. The van der Waals surface area contributed by atoms with Crippen molar-refractivity contribution < 1.29 is 19.1 Å². The molecule has 2 amide bonds. The molecule has 0 N–H and O–H groups in total. The zero-order chi connectivity index (χ0) is 17.1. The van der Waals surface area contributed by atoms with Crippen molar-refractivity contribution in [3.8, 4) is 5.75 Å². The summed E-state index contributed by atoms with van der Waals surface area (Å²) >= 11 is 6.05. The van der Waals surface area contributed by atoms with Gasteiger partial charge < -0.3 is 19.3 Å². The minimum atomic E-state index is -0.0995. The van der Waals surface area contributed by atoms with E-state index in [1.54, 1.807) is 28.0 Å². The fourth-order valence-corrected chi connectivity index (χ4v) is 3.13. The molecule has 1 fully saturated rings. The smallest absolute Gasteiger partial charge is 0.227 e.